The number of aliphatic hydroxyl groups excluding tert-OH is 2. The van der Waals surface area contributed by atoms with Crippen molar-refractivity contribution in [2.45, 2.75) is 30.6 Å². The summed E-state index contributed by atoms with van der Waals surface area (Å²) < 4.78 is 74.6. The van der Waals surface area contributed by atoms with Gasteiger partial charge in [-0.3, -0.25) is 8.37 Å². The van der Waals surface area contributed by atoms with E-state index >= 15 is 0 Å². The van der Waals surface area contributed by atoms with E-state index in [0.717, 1.165) is 0 Å². The molecule has 1 saturated heterocycles. The monoisotopic (exact) mass is 383 g/mol. The molecule has 0 bridgehead atoms. The van der Waals surface area contributed by atoms with Crippen LogP contribution in [0, 0.1) is 0 Å². The Morgan fingerprint density at radius 1 is 1.09 bits per heavy atom. The Balaban J connectivity index is 0. The first kappa shape index (κ1) is 25.8. The second-order valence-corrected chi connectivity index (χ2v) is 5.86. The van der Waals surface area contributed by atoms with Crippen LogP contribution in [-0.4, -0.2) is 73.4 Å². The van der Waals surface area contributed by atoms with Crippen molar-refractivity contribution in [1.29, 1.82) is 0 Å². The molecular formula is C6H11NNa2O11S2. The summed E-state index contributed by atoms with van der Waals surface area (Å²) in [6.45, 7) is -1.03. The first-order chi connectivity index (χ1) is 8.91. The molecular weight excluding hydrogens is 372 g/mol. The van der Waals surface area contributed by atoms with Gasteiger partial charge in [0.15, 0.2) is 6.29 Å². The van der Waals surface area contributed by atoms with E-state index in [-0.39, 0.29) is 59.1 Å². The minimum absolute atomic E-state index is 0. The Labute approximate surface area is 170 Å². The molecule has 1 unspecified atom stereocenters. The van der Waals surface area contributed by atoms with E-state index in [4.69, 9.17) is 5.73 Å². The van der Waals surface area contributed by atoms with Crippen molar-refractivity contribution in [2.24, 2.45) is 5.73 Å². The maximum Gasteiger partial charge on any atom is 1.00 e. The summed E-state index contributed by atoms with van der Waals surface area (Å²) >= 11 is 0. The van der Waals surface area contributed by atoms with Gasteiger partial charge < -0.3 is 29.8 Å². The molecule has 1 aliphatic heterocycles. The maximum absolute atomic E-state index is 10.5. The molecule has 4 N–H and O–H groups in total. The van der Waals surface area contributed by atoms with Crippen LogP contribution in [-0.2, 0) is 33.9 Å². The van der Waals surface area contributed by atoms with E-state index in [1.807, 2.05) is 0 Å². The zero-order valence-corrected chi connectivity index (χ0v) is 17.2. The predicted molar refractivity (Wildman–Crippen MR) is 55.1 cm³/mol. The standard InChI is InChI=1S/C6H13NO11S2.2Na/c7-3-5(18-20(13,14)15)4(8)2(17-6(3)9)1-16-19(10,11)12;;/h2-6,8-9H,1,7H2,(H,10,11,12)(H,13,14,15);;/q;2*+1/p-2/t2-,3-,4-,5-,6?;;/m1../s1. The Morgan fingerprint density at radius 2 is 1.59 bits per heavy atom. The van der Waals surface area contributed by atoms with Crippen LogP contribution in [0.15, 0.2) is 0 Å². The van der Waals surface area contributed by atoms with Crippen molar-refractivity contribution in [1.82, 2.24) is 0 Å². The van der Waals surface area contributed by atoms with Gasteiger partial charge in [0.25, 0.3) is 0 Å². The summed E-state index contributed by atoms with van der Waals surface area (Å²) in [4.78, 5) is 0. The van der Waals surface area contributed by atoms with Gasteiger partial charge in [-0.25, -0.2) is 16.8 Å². The smallest absolute Gasteiger partial charge is 0.726 e. The van der Waals surface area contributed by atoms with Crippen LogP contribution in [0.25, 0.3) is 0 Å². The zero-order valence-electron chi connectivity index (χ0n) is 11.6. The molecule has 22 heavy (non-hydrogen) atoms. The Kier molecular flexibility index (Phi) is 11.6. The molecule has 16 heteroatoms. The number of ether oxygens (including phenoxy) is 1. The number of aliphatic hydroxyl groups is 2. The molecule has 1 aliphatic rings. The van der Waals surface area contributed by atoms with Crippen molar-refractivity contribution >= 4 is 20.8 Å². The molecule has 0 saturated carbocycles. The van der Waals surface area contributed by atoms with Gasteiger partial charge in [-0.05, 0) is 0 Å². The quantitative estimate of drug-likeness (QED) is 0.230. The second kappa shape index (κ2) is 9.91. The SMILES string of the molecule is N[C@H]1C(O)O[C@H](COS(=O)(=O)[O-])[C@@H](O)[C@@H]1OS(=O)(=O)[O-].[Na+].[Na+]. The molecule has 1 fully saturated rings. The predicted octanol–water partition coefficient (Wildman–Crippen LogP) is -10.3. The van der Waals surface area contributed by atoms with E-state index < -0.39 is 58.0 Å². The third-order valence-corrected chi connectivity index (χ3v) is 3.23. The van der Waals surface area contributed by atoms with Crippen molar-refractivity contribution < 1.29 is 108 Å². The third-order valence-electron chi connectivity index (χ3n) is 2.35. The summed E-state index contributed by atoms with van der Waals surface area (Å²) in [6, 6.07) is -1.60. The number of hydrogen-bond acceptors (Lipinski definition) is 12. The molecule has 0 aromatic rings. The zero-order chi connectivity index (χ0) is 15.7. The largest absolute Gasteiger partial charge is 1.00 e. The van der Waals surface area contributed by atoms with Gasteiger partial charge in [0.2, 0.25) is 20.8 Å². The van der Waals surface area contributed by atoms with Gasteiger partial charge in [-0.2, -0.15) is 0 Å². The molecule has 0 aromatic heterocycles. The van der Waals surface area contributed by atoms with E-state index in [2.05, 4.69) is 13.1 Å². The third kappa shape index (κ3) is 8.61. The molecule has 0 radical (unpaired) electrons. The second-order valence-electron chi connectivity index (χ2n) is 3.79. The van der Waals surface area contributed by atoms with Crippen LogP contribution in [0.5, 0.6) is 0 Å². The van der Waals surface area contributed by atoms with Crippen LogP contribution in [0.2, 0.25) is 0 Å². The van der Waals surface area contributed by atoms with E-state index in [9.17, 15) is 36.2 Å². The fourth-order valence-corrected chi connectivity index (χ4v) is 2.31. The Bertz CT molecular complexity index is 539. The molecule has 1 heterocycles. The van der Waals surface area contributed by atoms with Crippen LogP contribution < -0.4 is 64.8 Å². The number of nitrogens with two attached hydrogens (primary N) is 1. The molecule has 0 amide bonds. The van der Waals surface area contributed by atoms with Crippen LogP contribution >= 0.6 is 0 Å². The summed E-state index contributed by atoms with van der Waals surface area (Å²) in [5.74, 6) is 0. The minimum Gasteiger partial charge on any atom is -0.726 e. The first-order valence-electron chi connectivity index (χ1n) is 4.92. The topological polar surface area (TPSA) is 209 Å². The van der Waals surface area contributed by atoms with Crippen molar-refractivity contribution in [3.05, 3.63) is 0 Å². The Hall–Kier alpha value is 1.58. The van der Waals surface area contributed by atoms with E-state index in [0.29, 0.717) is 0 Å². The number of rotatable bonds is 5. The molecule has 5 atom stereocenters. The average molecular weight is 383 g/mol. The van der Waals surface area contributed by atoms with Gasteiger partial charge in [-0.1, -0.05) is 0 Å². The van der Waals surface area contributed by atoms with Gasteiger partial charge in [0.1, 0.15) is 18.3 Å². The minimum atomic E-state index is -5.26. The van der Waals surface area contributed by atoms with Crippen molar-refractivity contribution in [3.8, 4) is 0 Å². The fraction of sp³-hybridized carbons (Fsp3) is 1.00. The van der Waals surface area contributed by atoms with Gasteiger partial charge in [0, 0.05) is 0 Å². The summed E-state index contributed by atoms with van der Waals surface area (Å²) in [5, 5.41) is 19.0. The molecule has 0 aliphatic carbocycles. The van der Waals surface area contributed by atoms with Crippen molar-refractivity contribution in [2.75, 3.05) is 6.61 Å². The van der Waals surface area contributed by atoms with Gasteiger partial charge >= 0.3 is 59.1 Å². The van der Waals surface area contributed by atoms with Crippen LogP contribution in [0.3, 0.4) is 0 Å². The first-order valence-corrected chi connectivity index (χ1v) is 7.59. The number of hydrogen-bond donors (Lipinski definition) is 3. The van der Waals surface area contributed by atoms with Crippen LogP contribution in [0.1, 0.15) is 0 Å². The normalized spacial score (nSPS) is 32.7. The maximum atomic E-state index is 10.5. The van der Waals surface area contributed by atoms with Crippen LogP contribution in [0.4, 0.5) is 0 Å². The molecule has 120 valence electrons. The summed E-state index contributed by atoms with van der Waals surface area (Å²) in [7, 11) is -10.4. The van der Waals surface area contributed by atoms with E-state index in [1.54, 1.807) is 0 Å². The fourth-order valence-electron chi connectivity index (χ4n) is 1.50. The Morgan fingerprint density at radius 3 is 2.00 bits per heavy atom. The van der Waals surface area contributed by atoms with Gasteiger partial charge in [-0.15, -0.1) is 0 Å². The van der Waals surface area contributed by atoms with E-state index in [1.165, 1.54) is 0 Å². The molecule has 0 spiro atoms. The molecule has 0 aromatic carbocycles. The summed E-state index contributed by atoms with van der Waals surface area (Å²) in [6.07, 6.45) is -7.36. The molecule has 1 rings (SSSR count). The summed E-state index contributed by atoms with van der Waals surface area (Å²) in [5.41, 5.74) is 5.28. The average Bonchev–Trinajstić information content (AvgIpc) is 2.25. The molecule has 12 nitrogen and oxygen atoms in total. The van der Waals surface area contributed by atoms with Crippen molar-refractivity contribution in [3.63, 3.8) is 0 Å². The van der Waals surface area contributed by atoms with Gasteiger partial charge in [0.05, 0.1) is 12.6 Å².